The predicted octanol–water partition coefficient (Wildman–Crippen LogP) is -0.439. The summed E-state index contributed by atoms with van der Waals surface area (Å²) in [5.74, 6) is 0. The van der Waals surface area contributed by atoms with Crippen molar-refractivity contribution in [2.75, 3.05) is 0 Å². The van der Waals surface area contributed by atoms with Crippen molar-refractivity contribution in [1.29, 1.82) is 0 Å². The highest BCUT2D eigenvalue weighted by Crippen LogP contribution is 2.12. The zero-order chi connectivity index (χ0) is 11.8. The molecule has 2 aromatic rings. The summed E-state index contributed by atoms with van der Waals surface area (Å²) in [6, 6.07) is 4.69. The third kappa shape index (κ3) is 2.27. The Balaban J connectivity index is 2.29. The number of fused-ring (bicyclic) bond motifs is 1. The van der Waals surface area contributed by atoms with Gasteiger partial charge in [0.2, 0.25) is 0 Å². The molecule has 0 fully saturated rings. The molecule has 3 N–H and O–H groups in total. The van der Waals surface area contributed by atoms with E-state index in [4.69, 9.17) is 4.55 Å². The van der Waals surface area contributed by atoms with Crippen molar-refractivity contribution in [1.82, 2.24) is 19.9 Å². The predicted molar refractivity (Wildman–Crippen MR) is 53.1 cm³/mol. The Hall–Kier alpha value is -1.71. The second-order valence-corrected chi connectivity index (χ2v) is 4.34. The minimum atomic E-state index is -4.22. The van der Waals surface area contributed by atoms with Crippen LogP contribution in [0, 0.1) is 0 Å². The summed E-state index contributed by atoms with van der Waals surface area (Å²) in [5.41, 5.74) is 1.40. The summed E-state index contributed by atoms with van der Waals surface area (Å²) >= 11 is 0. The molecule has 0 bridgehead atoms. The fourth-order valence-electron chi connectivity index (χ4n) is 1.24. The molecule has 0 radical (unpaired) electrons. The molecule has 0 aliphatic rings. The lowest BCUT2D eigenvalue weighted by Gasteiger charge is -2.01. The Kier molecular flexibility index (Phi) is 2.50. The molecule has 1 aromatic carbocycles. The Morgan fingerprint density at radius 2 is 2.19 bits per heavy atom. The molecule has 16 heavy (non-hydrogen) atoms. The quantitative estimate of drug-likeness (QED) is 0.497. The molecule has 0 saturated heterocycles. The van der Waals surface area contributed by atoms with Gasteiger partial charge >= 0.3 is 10.3 Å². The first-order chi connectivity index (χ1) is 7.46. The maximum absolute atomic E-state index is 10.5. The van der Waals surface area contributed by atoms with Crippen LogP contribution in [0.2, 0.25) is 0 Å². The Bertz CT molecular complexity index is 620. The van der Waals surface area contributed by atoms with Gasteiger partial charge in [0, 0.05) is 6.54 Å². The number of hydrogen-bond acceptors (Lipinski definition) is 5. The van der Waals surface area contributed by atoms with Crippen LogP contribution in [0.3, 0.4) is 0 Å². The van der Waals surface area contributed by atoms with Crippen molar-refractivity contribution >= 4 is 21.3 Å². The number of hydrogen-bond donors (Lipinski definition) is 3. The monoisotopic (exact) mass is 244 g/mol. The van der Waals surface area contributed by atoms with E-state index in [1.165, 1.54) is 6.07 Å². The average Bonchev–Trinajstić information content (AvgIpc) is 2.56. The van der Waals surface area contributed by atoms with Crippen molar-refractivity contribution in [2.45, 2.75) is 6.54 Å². The van der Waals surface area contributed by atoms with Crippen LogP contribution in [-0.4, -0.2) is 33.3 Å². The largest absolute Gasteiger partial charge is 0.410 e. The number of nitrogens with one attached hydrogen (secondary N) is 1. The van der Waals surface area contributed by atoms with Crippen molar-refractivity contribution in [3.8, 4) is 0 Å². The third-order valence-corrected chi connectivity index (χ3v) is 2.46. The van der Waals surface area contributed by atoms with E-state index in [-0.39, 0.29) is 6.54 Å². The van der Waals surface area contributed by atoms with Gasteiger partial charge in [-0.1, -0.05) is 10.9 Å². The molecule has 0 unspecified atom stereocenters. The van der Waals surface area contributed by atoms with Gasteiger partial charge in [-0.15, -0.1) is 5.10 Å². The van der Waals surface area contributed by atoms with Crippen LogP contribution in [0.1, 0.15) is 5.56 Å². The van der Waals surface area contributed by atoms with E-state index in [9.17, 15) is 13.6 Å². The van der Waals surface area contributed by atoms with Gasteiger partial charge in [-0.25, -0.2) is 0 Å². The standard InChI is InChI=1S/C7H8N4O4S/c12-11-7-3-5(4-8-16(13,14)15)1-2-6(7)9-10-11/h1-3,8,12H,4H2,(H,13,14,15). The summed E-state index contributed by atoms with van der Waals surface area (Å²) in [7, 11) is -4.22. The molecule has 1 heterocycles. The first-order valence-electron chi connectivity index (χ1n) is 4.21. The highest BCUT2D eigenvalue weighted by atomic mass is 32.2. The molecule has 0 saturated carbocycles. The van der Waals surface area contributed by atoms with Gasteiger partial charge in [-0.05, 0) is 22.9 Å². The van der Waals surface area contributed by atoms with Gasteiger partial charge in [-0.3, -0.25) is 4.55 Å². The molecule has 2 rings (SSSR count). The van der Waals surface area contributed by atoms with Crippen molar-refractivity contribution in [2.24, 2.45) is 0 Å². The van der Waals surface area contributed by atoms with Crippen LogP contribution in [-0.2, 0) is 16.8 Å². The average molecular weight is 244 g/mol. The van der Waals surface area contributed by atoms with E-state index in [1.54, 1.807) is 12.1 Å². The number of nitrogens with zero attached hydrogens (tertiary/aromatic N) is 3. The van der Waals surface area contributed by atoms with Gasteiger partial charge in [0.15, 0.2) is 0 Å². The van der Waals surface area contributed by atoms with Crippen LogP contribution in [0.5, 0.6) is 0 Å². The van der Waals surface area contributed by atoms with E-state index in [2.05, 4.69) is 10.3 Å². The zero-order valence-corrected chi connectivity index (χ0v) is 8.72. The third-order valence-electron chi connectivity index (χ3n) is 1.95. The molecule has 0 atom stereocenters. The van der Waals surface area contributed by atoms with Gasteiger partial charge in [0.05, 0.1) is 0 Å². The van der Waals surface area contributed by atoms with Gasteiger partial charge in [0.25, 0.3) is 0 Å². The second-order valence-electron chi connectivity index (χ2n) is 3.10. The van der Waals surface area contributed by atoms with E-state index in [0.717, 1.165) is 0 Å². The lowest BCUT2D eigenvalue weighted by Crippen LogP contribution is -2.21. The van der Waals surface area contributed by atoms with Crippen molar-refractivity contribution in [3.05, 3.63) is 23.8 Å². The second kappa shape index (κ2) is 3.70. The first-order valence-corrected chi connectivity index (χ1v) is 5.65. The number of rotatable bonds is 3. The maximum Gasteiger partial charge on any atom is 0.333 e. The molecule has 86 valence electrons. The molecule has 0 aliphatic heterocycles. The molecule has 1 aromatic heterocycles. The minimum Gasteiger partial charge on any atom is -0.410 e. The van der Waals surface area contributed by atoms with Gasteiger partial charge in [-0.2, -0.15) is 13.1 Å². The van der Waals surface area contributed by atoms with Crippen LogP contribution < -0.4 is 4.72 Å². The molecular formula is C7H8N4O4S. The van der Waals surface area contributed by atoms with E-state index < -0.39 is 10.3 Å². The SMILES string of the molecule is O=S(=O)(O)NCc1ccc2nnn(O)c2c1. The molecule has 9 heteroatoms. The lowest BCUT2D eigenvalue weighted by atomic mass is 10.2. The summed E-state index contributed by atoms with van der Waals surface area (Å²) in [6.07, 6.45) is 0. The smallest absolute Gasteiger partial charge is 0.333 e. The van der Waals surface area contributed by atoms with E-state index >= 15 is 0 Å². The van der Waals surface area contributed by atoms with Crippen LogP contribution in [0.25, 0.3) is 11.0 Å². The summed E-state index contributed by atoms with van der Waals surface area (Å²) in [5, 5.41) is 16.2. The molecular weight excluding hydrogens is 236 g/mol. The normalized spacial score (nSPS) is 12.1. The summed E-state index contributed by atoms with van der Waals surface area (Å²) in [4.78, 5) is 0.590. The fourth-order valence-corrected chi connectivity index (χ4v) is 1.59. The summed E-state index contributed by atoms with van der Waals surface area (Å²) in [6.45, 7) is -0.0834. The fraction of sp³-hybridized carbons (Fsp3) is 0.143. The molecule has 0 spiro atoms. The number of benzene rings is 1. The number of aromatic nitrogens is 3. The Labute approximate surface area is 90.3 Å². The lowest BCUT2D eigenvalue weighted by molar-refractivity contribution is 0.154. The minimum absolute atomic E-state index is 0.0834. The van der Waals surface area contributed by atoms with Crippen molar-refractivity contribution < 1.29 is 18.2 Å². The topological polar surface area (TPSA) is 117 Å². The van der Waals surface area contributed by atoms with Crippen LogP contribution in [0.15, 0.2) is 18.2 Å². The summed E-state index contributed by atoms with van der Waals surface area (Å²) < 4.78 is 31.3. The van der Waals surface area contributed by atoms with E-state index in [1.807, 2.05) is 4.72 Å². The van der Waals surface area contributed by atoms with Crippen LogP contribution >= 0.6 is 0 Å². The van der Waals surface area contributed by atoms with Gasteiger partial charge in [0.1, 0.15) is 11.0 Å². The molecule has 0 aliphatic carbocycles. The highest BCUT2D eigenvalue weighted by molar-refractivity contribution is 7.83. The van der Waals surface area contributed by atoms with Crippen LogP contribution in [0.4, 0.5) is 0 Å². The van der Waals surface area contributed by atoms with E-state index in [0.29, 0.717) is 21.4 Å². The molecule has 8 nitrogen and oxygen atoms in total. The Morgan fingerprint density at radius 1 is 1.44 bits per heavy atom. The first kappa shape index (κ1) is 10.8. The van der Waals surface area contributed by atoms with Gasteiger partial charge < -0.3 is 5.21 Å². The van der Waals surface area contributed by atoms with Crippen molar-refractivity contribution in [3.63, 3.8) is 0 Å². The zero-order valence-electron chi connectivity index (χ0n) is 7.90. The molecule has 0 amide bonds. The highest BCUT2D eigenvalue weighted by Gasteiger charge is 2.06. The Morgan fingerprint density at radius 3 is 2.88 bits per heavy atom. The maximum atomic E-state index is 10.5.